The number of fused-ring (bicyclic) bond motifs is 1. The molecule has 2 heterocycles. The highest BCUT2D eigenvalue weighted by Crippen LogP contribution is 2.41. The van der Waals surface area contributed by atoms with E-state index in [-0.39, 0.29) is 5.92 Å². The maximum atomic E-state index is 11.6. The van der Waals surface area contributed by atoms with E-state index in [0.717, 1.165) is 23.4 Å². The second-order valence-electron chi connectivity index (χ2n) is 4.75. The molecule has 1 aliphatic carbocycles. The Morgan fingerprint density at radius 1 is 1.47 bits per heavy atom. The van der Waals surface area contributed by atoms with Gasteiger partial charge in [0, 0.05) is 5.75 Å². The van der Waals surface area contributed by atoms with Crippen LogP contribution in [0.15, 0.2) is 17.7 Å². The summed E-state index contributed by atoms with van der Waals surface area (Å²) in [5.41, 5.74) is 12.0. The Morgan fingerprint density at radius 2 is 2.26 bits per heavy atom. The normalized spacial score (nSPS) is 18.4. The molecule has 1 unspecified atom stereocenters. The van der Waals surface area contributed by atoms with E-state index in [1.165, 1.54) is 18.1 Å². The number of hydrogen-bond donors (Lipinski definition) is 3. The van der Waals surface area contributed by atoms with E-state index in [4.69, 9.17) is 11.5 Å². The molecule has 1 atom stereocenters. The third kappa shape index (κ3) is 2.17. The van der Waals surface area contributed by atoms with Crippen LogP contribution in [0.1, 0.15) is 12.8 Å². The standard InChI is InChI=1S/C11H14N6OS/c12-10(18)11(13,6-1-2-6)3-19-9-7-8(15-4-14-7)16-5-17-9/h4-6H,1-3,13H2,(H2,12,18)(H,14,15,16,17). The Bertz CT molecular complexity index is 624. The zero-order chi connectivity index (χ0) is 13.5. The Balaban J connectivity index is 1.82. The fraction of sp³-hybridized carbons (Fsp3) is 0.455. The number of carbonyl (C=O) groups is 1. The average molecular weight is 278 g/mol. The first-order valence-corrected chi connectivity index (χ1v) is 6.95. The highest BCUT2D eigenvalue weighted by Gasteiger charge is 2.46. The first-order chi connectivity index (χ1) is 9.11. The van der Waals surface area contributed by atoms with Gasteiger partial charge in [-0.05, 0) is 18.8 Å². The lowest BCUT2D eigenvalue weighted by Gasteiger charge is -2.24. The molecule has 0 saturated heterocycles. The van der Waals surface area contributed by atoms with Gasteiger partial charge in [0.25, 0.3) is 0 Å². The number of carbonyl (C=O) groups excluding carboxylic acids is 1. The van der Waals surface area contributed by atoms with Crippen molar-refractivity contribution in [1.82, 2.24) is 19.9 Å². The third-order valence-electron chi connectivity index (χ3n) is 3.40. The molecule has 5 N–H and O–H groups in total. The highest BCUT2D eigenvalue weighted by atomic mass is 32.2. The van der Waals surface area contributed by atoms with Gasteiger partial charge >= 0.3 is 0 Å². The predicted molar refractivity (Wildman–Crippen MR) is 71.2 cm³/mol. The van der Waals surface area contributed by atoms with Gasteiger partial charge in [0.2, 0.25) is 5.91 Å². The third-order valence-corrected chi connectivity index (χ3v) is 4.61. The van der Waals surface area contributed by atoms with E-state index in [1.54, 1.807) is 6.33 Å². The molecule has 100 valence electrons. The highest BCUT2D eigenvalue weighted by molar-refractivity contribution is 7.99. The van der Waals surface area contributed by atoms with Crippen molar-refractivity contribution in [1.29, 1.82) is 0 Å². The summed E-state index contributed by atoms with van der Waals surface area (Å²) in [6.07, 6.45) is 4.94. The molecule has 2 aromatic rings. The van der Waals surface area contributed by atoms with Crippen molar-refractivity contribution < 1.29 is 4.79 Å². The van der Waals surface area contributed by atoms with Crippen molar-refractivity contribution in [3.63, 3.8) is 0 Å². The minimum Gasteiger partial charge on any atom is -0.368 e. The van der Waals surface area contributed by atoms with Crippen molar-refractivity contribution in [2.45, 2.75) is 23.4 Å². The number of rotatable bonds is 5. The van der Waals surface area contributed by atoms with Gasteiger partial charge in [-0.15, -0.1) is 11.8 Å². The Morgan fingerprint density at radius 3 is 2.95 bits per heavy atom. The Labute approximate surface area is 113 Å². The summed E-state index contributed by atoms with van der Waals surface area (Å²) < 4.78 is 0. The Kier molecular flexibility index (Phi) is 2.90. The first kappa shape index (κ1) is 12.4. The lowest BCUT2D eigenvalue weighted by Crippen LogP contribution is -2.56. The first-order valence-electron chi connectivity index (χ1n) is 5.97. The molecular formula is C11H14N6OS. The van der Waals surface area contributed by atoms with Gasteiger partial charge in [-0.3, -0.25) is 4.79 Å². The molecule has 1 saturated carbocycles. The molecule has 0 spiro atoms. The number of nitrogens with two attached hydrogens (primary N) is 2. The van der Waals surface area contributed by atoms with Crippen molar-refractivity contribution >= 4 is 28.8 Å². The quantitative estimate of drug-likeness (QED) is 0.524. The second-order valence-corrected chi connectivity index (χ2v) is 5.71. The topological polar surface area (TPSA) is 124 Å². The molecule has 7 nitrogen and oxygen atoms in total. The number of aromatic nitrogens is 4. The molecule has 0 bridgehead atoms. The fourth-order valence-electron chi connectivity index (χ4n) is 2.03. The van der Waals surface area contributed by atoms with E-state index >= 15 is 0 Å². The Hall–Kier alpha value is -1.67. The number of amides is 1. The van der Waals surface area contributed by atoms with E-state index in [2.05, 4.69) is 19.9 Å². The van der Waals surface area contributed by atoms with Gasteiger partial charge in [-0.1, -0.05) is 0 Å². The van der Waals surface area contributed by atoms with Crippen LogP contribution in [0.4, 0.5) is 0 Å². The predicted octanol–water partition coefficient (Wildman–Crippen LogP) is 0.0378. The number of primary amides is 1. The molecule has 1 fully saturated rings. The van der Waals surface area contributed by atoms with Gasteiger partial charge in [0.15, 0.2) is 5.65 Å². The van der Waals surface area contributed by atoms with Gasteiger partial charge in [-0.25, -0.2) is 15.0 Å². The summed E-state index contributed by atoms with van der Waals surface area (Å²) in [4.78, 5) is 26.8. The lowest BCUT2D eigenvalue weighted by molar-refractivity contribution is -0.123. The molecule has 0 aromatic carbocycles. The van der Waals surface area contributed by atoms with Crippen LogP contribution in [0.25, 0.3) is 11.2 Å². The zero-order valence-electron chi connectivity index (χ0n) is 10.2. The molecule has 0 radical (unpaired) electrons. The average Bonchev–Trinajstić information content (AvgIpc) is 3.14. The number of hydrogen-bond acceptors (Lipinski definition) is 6. The van der Waals surface area contributed by atoms with Crippen LogP contribution >= 0.6 is 11.8 Å². The van der Waals surface area contributed by atoms with E-state index < -0.39 is 11.4 Å². The van der Waals surface area contributed by atoms with Crippen LogP contribution in [-0.4, -0.2) is 37.1 Å². The molecule has 8 heteroatoms. The van der Waals surface area contributed by atoms with Crippen LogP contribution < -0.4 is 11.5 Å². The number of nitrogens with zero attached hydrogens (tertiary/aromatic N) is 3. The van der Waals surface area contributed by atoms with Crippen molar-refractivity contribution in [2.24, 2.45) is 17.4 Å². The second kappa shape index (κ2) is 4.46. The van der Waals surface area contributed by atoms with Crippen molar-refractivity contribution in [2.75, 3.05) is 5.75 Å². The molecule has 2 aromatic heterocycles. The van der Waals surface area contributed by atoms with E-state index in [9.17, 15) is 4.79 Å². The van der Waals surface area contributed by atoms with Gasteiger partial charge < -0.3 is 16.5 Å². The fourth-order valence-corrected chi connectivity index (χ4v) is 3.20. The number of thioether (sulfide) groups is 1. The maximum Gasteiger partial charge on any atom is 0.238 e. The summed E-state index contributed by atoms with van der Waals surface area (Å²) in [6, 6.07) is 0. The summed E-state index contributed by atoms with van der Waals surface area (Å²) in [5.74, 6) is 0.159. The monoisotopic (exact) mass is 278 g/mol. The molecule has 3 rings (SSSR count). The number of aromatic amines is 1. The van der Waals surface area contributed by atoms with Gasteiger partial charge in [-0.2, -0.15) is 0 Å². The van der Waals surface area contributed by atoms with E-state index in [1.807, 2.05) is 0 Å². The van der Waals surface area contributed by atoms with Crippen LogP contribution in [0.3, 0.4) is 0 Å². The van der Waals surface area contributed by atoms with Crippen LogP contribution in [-0.2, 0) is 4.79 Å². The summed E-state index contributed by atoms with van der Waals surface area (Å²) >= 11 is 1.41. The van der Waals surface area contributed by atoms with Crippen LogP contribution in [0, 0.1) is 5.92 Å². The molecule has 0 aliphatic heterocycles. The maximum absolute atomic E-state index is 11.6. The van der Waals surface area contributed by atoms with Gasteiger partial charge in [0.1, 0.15) is 22.4 Å². The van der Waals surface area contributed by atoms with Crippen molar-refractivity contribution in [3.8, 4) is 0 Å². The zero-order valence-corrected chi connectivity index (χ0v) is 11.0. The largest absolute Gasteiger partial charge is 0.368 e. The van der Waals surface area contributed by atoms with E-state index in [0.29, 0.717) is 11.4 Å². The minimum atomic E-state index is -0.956. The van der Waals surface area contributed by atoms with Crippen LogP contribution in [0.5, 0.6) is 0 Å². The van der Waals surface area contributed by atoms with Crippen LogP contribution in [0.2, 0.25) is 0 Å². The summed E-state index contributed by atoms with van der Waals surface area (Å²) in [5, 5.41) is 0.735. The molecular weight excluding hydrogens is 264 g/mol. The smallest absolute Gasteiger partial charge is 0.238 e. The van der Waals surface area contributed by atoms with Gasteiger partial charge in [0.05, 0.1) is 6.33 Å². The van der Waals surface area contributed by atoms with Crippen molar-refractivity contribution in [3.05, 3.63) is 12.7 Å². The molecule has 1 amide bonds. The lowest BCUT2D eigenvalue weighted by atomic mass is 9.96. The number of imidazole rings is 1. The SMILES string of the molecule is NC(=O)C(N)(CSc1ncnc2nc[nH]c12)C1CC1. The summed E-state index contributed by atoms with van der Waals surface area (Å²) in [6.45, 7) is 0. The number of nitrogens with one attached hydrogen (secondary N) is 1. The number of H-pyrrole nitrogens is 1. The molecule has 1 aliphatic rings. The molecule has 19 heavy (non-hydrogen) atoms. The summed E-state index contributed by atoms with van der Waals surface area (Å²) in [7, 11) is 0. The minimum absolute atomic E-state index is 0.191.